The molecule has 2 amide bonds. The van der Waals surface area contributed by atoms with E-state index in [2.05, 4.69) is 16.7 Å². The number of carbonyl (C=O) groups excluding carboxylic acids is 2. The summed E-state index contributed by atoms with van der Waals surface area (Å²) in [7, 11) is 0. The molecule has 1 saturated heterocycles. The molecule has 1 fully saturated rings. The molecule has 2 aromatic carbocycles. The number of amides is 2. The third kappa shape index (κ3) is 5.47. The molecule has 1 aliphatic rings. The Kier molecular flexibility index (Phi) is 6.92. The van der Waals surface area contributed by atoms with Gasteiger partial charge in [-0.2, -0.15) is 0 Å². The molecule has 1 aromatic heterocycles. The minimum Gasteiger partial charge on any atom is -0.347 e. The number of aromatic nitrogens is 1. The summed E-state index contributed by atoms with van der Waals surface area (Å²) in [5, 5.41) is 1.80. The molecule has 162 valence electrons. The predicted molar refractivity (Wildman–Crippen MR) is 124 cm³/mol. The predicted octanol–water partition coefficient (Wildman–Crippen LogP) is 4.38. The highest BCUT2D eigenvalue weighted by Crippen LogP contribution is 2.21. The van der Waals surface area contributed by atoms with E-state index in [0.29, 0.717) is 44.0 Å². The molecule has 5 nitrogen and oxygen atoms in total. The van der Waals surface area contributed by atoms with Crippen LogP contribution in [0, 0.1) is 0 Å². The Hall–Kier alpha value is -2.79. The van der Waals surface area contributed by atoms with E-state index in [1.165, 1.54) is 5.56 Å². The second kappa shape index (κ2) is 10.0. The monoisotopic (exact) mass is 437 g/mol. The maximum Gasteiger partial charge on any atom is 0.224 e. The minimum absolute atomic E-state index is 0.148. The Morgan fingerprint density at radius 1 is 0.839 bits per heavy atom. The van der Waals surface area contributed by atoms with E-state index >= 15 is 0 Å². The van der Waals surface area contributed by atoms with Gasteiger partial charge in [-0.15, -0.1) is 0 Å². The van der Waals surface area contributed by atoms with Gasteiger partial charge in [0.15, 0.2) is 0 Å². The number of halogens is 1. The SMILES string of the molecule is O=C(CCc1ccccc1)N1CCCN(C(=O)CCn2ccc3cc(Cl)ccc32)CC1. The first kappa shape index (κ1) is 21.4. The van der Waals surface area contributed by atoms with Gasteiger partial charge in [-0.05, 0) is 42.7 Å². The zero-order chi connectivity index (χ0) is 21.6. The van der Waals surface area contributed by atoms with Crippen molar-refractivity contribution >= 4 is 34.3 Å². The second-order valence-corrected chi connectivity index (χ2v) is 8.50. The fourth-order valence-corrected chi connectivity index (χ4v) is 4.39. The molecule has 6 heteroatoms. The summed E-state index contributed by atoms with van der Waals surface area (Å²) in [5.41, 5.74) is 2.27. The maximum absolute atomic E-state index is 12.8. The van der Waals surface area contributed by atoms with Crippen LogP contribution < -0.4 is 0 Å². The van der Waals surface area contributed by atoms with Crippen LogP contribution in [0.5, 0.6) is 0 Å². The van der Waals surface area contributed by atoms with Crippen molar-refractivity contribution in [2.45, 2.75) is 32.2 Å². The number of aryl methyl sites for hydroxylation is 2. The first-order chi connectivity index (χ1) is 15.1. The summed E-state index contributed by atoms with van der Waals surface area (Å²) in [6.45, 7) is 3.30. The van der Waals surface area contributed by atoms with Crippen molar-refractivity contribution in [1.29, 1.82) is 0 Å². The van der Waals surface area contributed by atoms with Gasteiger partial charge < -0.3 is 14.4 Å². The zero-order valence-corrected chi connectivity index (χ0v) is 18.4. The van der Waals surface area contributed by atoms with Gasteiger partial charge in [0.2, 0.25) is 11.8 Å². The van der Waals surface area contributed by atoms with Crippen molar-refractivity contribution in [3.05, 3.63) is 71.4 Å². The molecule has 0 atom stereocenters. The van der Waals surface area contributed by atoms with E-state index in [0.717, 1.165) is 30.3 Å². The molecule has 31 heavy (non-hydrogen) atoms. The second-order valence-electron chi connectivity index (χ2n) is 8.06. The summed E-state index contributed by atoms with van der Waals surface area (Å²) < 4.78 is 2.10. The van der Waals surface area contributed by atoms with Gasteiger partial charge in [0, 0.05) is 67.7 Å². The standard InChI is InChI=1S/C25H28ClN3O2/c26-22-8-9-23-21(19-22)11-15-27(23)16-12-25(31)29-14-4-13-28(17-18-29)24(30)10-7-20-5-2-1-3-6-20/h1-3,5-6,8-9,11,15,19H,4,7,10,12-14,16-18H2. The van der Waals surface area contributed by atoms with E-state index in [1.54, 1.807) is 0 Å². The van der Waals surface area contributed by atoms with Gasteiger partial charge in [-0.1, -0.05) is 41.9 Å². The van der Waals surface area contributed by atoms with E-state index in [4.69, 9.17) is 11.6 Å². The minimum atomic E-state index is 0.148. The van der Waals surface area contributed by atoms with E-state index in [1.807, 2.05) is 58.5 Å². The lowest BCUT2D eigenvalue weighted by molar-refractivity contribution is -0.133. The normalized spacial score (nSPS) is 14.6. The Bertz CT molecular complexity index is 1050. The fourth-order valence-electron chi connectivity index (χ4n) is 4.21. The molecule has 4 rings (SSSR count). The highest BCUT2D eigenvalue weighted by atomic mass is 35.5. The van der Waals surface area contributed by atoms with Gasteiger partial charge in [-0.3, -0.25) is 9.59 Å². The van der Waals surface area contributed by atoms with E-state index < -0.39 is 0 Å². The molecule has 3 aromatic rings. The van der Waals surface area contributed by atoms with E-state index in [9.17, 15) is 9.59 Å². The summed E-state index contributed by atoms with van der Waals surface area (Å²) in [6, 6.07) is 17.9. The van der Waals surface area contributed by atoms with Gasteiger partial charge in [0.25, 0.3) is 0 Å². The molecule has 0 spiro atoms. The van der Waals surface area contributed by atoms with Crippen LogP contribution in [0.15, 0.2) is 60.8 Å². The number of nitrogens with zero attached hydrogens (tertiary/aromatic N) is 3. The summed E-state index contributed by atoms with van der Waals surface area (Å²) in [6.07, 6.45) is 4.56. The highest BCUT2D eigenvalue weighted by Gasteiger charge is 2.21. The number of carbonyl (C=O) groups is 2. The van der Waals surface area contributed by atoms with Crippen LogP contribution in [-0.4, -0.2) is 52.4 Å². The number of rotatable bonds is 6. The molecule has 0 saturated carbocycles. The molecule has 0 aliphatic carbocycles. The Labute approximate surface area is 188 Å². The largest absolute Gasteiger partial charge is 0.347 e. The Morgan fingerprint density at radius 3 is 2.29 bits per heavy atom. The summed E-state index contributed by atoms with van der Waals surface area (Å²) in [4.78, 5) is 29.3. The smallest absolute Gasteiger partial charge is 0.224 e. The average Bonchev–Trinajstić information content (AvgIpc) is 3.01. The summed E-state index contributed by atoms with van der Waals surface area (Å²) >= 11 is 6.06. The van der Waals surface area contributed by atoms with Crippen LogP contribution in [0.4, 0.5) is 0 Å². The number of fused-ring (bicyclic) bond motifs is 1. The van der Waals surface area contributed by atoms with Gasteiger partial charge >= 0.3 is 0 Å². The molecule has 0 N–H and O–H groups in total. The maximum atomic E-state index is 12.8. The fraction of sp³-hybridized carbons (Fsp3) is 0.360. The van der Waals surface area contributed by atoms with Crippen LogP contribution in [-0.2, 0) is 22.6 Å². The molecule has 0 bridgehead atoms. The zero-order valence-electron chi connectivity index (χ0n) is 17.7. The van der Waals surface area contributed by atoms with Gasteiger partial charge in [-0.25, -0.2) is 0 Å². The summed E-state index contributed by atoms with van der Waals surface area (Å²) in [5.74, 6) is 0.324. The molecular formula is C25H28ClN3O2. The third-order valence-electron chi connectivity index (χ3n) is 5.97. The van der Waals surface area contributed by atoms with Crippen molar-refractivity contribution in [1.82, 2.24) is 14.4 Å². The average molecular weight is 438 g/mol. The van der Waals surface area contributed by atoms with Gasteiger partial charge in [0.05, 0.1) is 0 Å². The van der Waals surface area contributed by atoms with Crippen LogP contribution in [0.2, 0.25) is 5.02 Å². The Morgan fingerprint density at radius 2 is 1.55 bits per heavy atom. The molecule has 0 unspecified atom stereocenters. The number of hydrogen-bond donors (Lipinski definition) is 0. The third-order valence-corrected chi connectivity index (χ3v) is 6.21. The van der Waals surface area contributed by atoms with Gasteiger partial charge in [0.1, 0.15) is 0 Å². The van der Waals surface area contributed by atoms with Crippen molar-refractivity contribution in [2.75, 3.05) is 26.2 Å². The first-order valence-electron chi connectivity index (χ1n) is 10.9. The first-order valence-corrected chi connectivity index (χ1v) is 11.3. The molecule has 0 radical (unpaired) electrons. The van der Waals surface area contributed by atoms with Crippen molar-refractivity contribution in [3.8, 4) is 0 Å². The quantitative estimate of drug-likeness (QED) is 0.574. The topological polar surface area (TPSA) is 45.6 Å². The van der Waals surface area contributed by atoms with Crippen LogP contribution in [0.3, 0.4) is 0 Å². The van der Waals surface area contributed by atoms with Crippen LogP contribution >= 0.6 is 11.6 Å². The van der Waals surface area contributed by atoms with E-state index in [-0.39, 0.29) is 11.8 Å². The van der Waals surface area contributed by atoms with Crippen molar-refractivity contribution < 1.29 is 9.59 Å². The molecular weight excluding hydrogens is 410 g/mol. The Balaban J connectivity index is 1.26. The highest BCUT2D eigenvalue weighted by molar-refractivity contribution is 6.31. The lowest BCUT2D eigenvalue weighted by atomic mass is 10.1. The van der Waals surface area contributed by atoms with Crippen LogP contribution in [0.1, 0.15) is 24.8 Å². The number of benzene rings is 2. The van der Waals surface area contributed by atoms with Crippen molar-refractivity contribution in [2.24, 2.45) is 0 Å². The molecule has 2 heterocycles. The molecule has 1 aliphatic heterocycles. The van der Waals surface area contributed by atoms with Crippen LogP contribution in [0.25, 0.3) is 10.9 Å². The lowest BCUT2D eigenvalue weighted by Crippen LogP contribution is -2.37. The lowest BCUT2D eigenvalue weighted by Gasteiger charge is -2.22. The number of hydrogen-bond acceptors (Lipinski definition) is 2. The van der Waals surface area contributed by atoms with Crippen molar-refractivity contribution in [3.63, 3.8) is 0 Å².